The average Bonchev–Trinajstić information content (AvgIpc) is 3.32. The fraction of sp³-hybridized carbons (Fsp3) is 0.360. The first kappa shape index (κ1) is 28.9. The van der Waals surface area contributed by atoms with Gasteiger partial charge in [0.2, 0.25) is 5.91 Å². The standard InChI is InChI=1S/C25H25FIN7O6/c1-15(35)29-12-18-13-34(25(38)40-18)17-3-5-22(19(26)11-17)32-6-8-33(9-7-32)23(36)14-39-24(37)16-2-4-21(30-31-28)20(27)10-16/h2-5,10-11,18H,6-9,12-14H2,1H3,(H,29,35)/t18-/m0/s1/i27-2. The number of carbonyl (C=O) groups is 4. The van der Waals surface area contributed by atoms with Crippen LogP contribution in [-0.2, 0) is 19.1 Å². The zero-order valence-corrected chi connectivity index (χ0v) is 23.5. The number of hydrogen-bond acceptors (Lipinski definition) is 8. The number of amides is 3. The molecule has 1 atom stereocenters. The number of anilines is 2. The zero-order valence-electron chi connectivity index (χ0n) is 21.4. The van der Waals surface area contributed by atoms with Gasteiger partial charge in [0, 0.05) is 41.6 Å². The molecule has 0 unspecified atom stereocenters. The lowest BCUT2D eigenvalue weighted by atomic mass is 10.2. The molecule has 13 nitrogen and oxygen atoms in total. The number of esters is 1. The van der Waals surface area contributed by atoms with Crippen molar-refractivity contribution in [2.75, 3.05) is 55.7 Å². The number of cyclic esters (lactones) is 1. The van der Waals surface area contributed by atoms with Gasteiger partial charge in [-0.2, -0.15) is 0 Å². The van der Waals surface area contributed by atoms with E-state index in [0.29, 0.717) is 46.8 Å². The second kappa shape index (κ2) is 12.8. The predicted octanol–water partition coefficient (Wildman–Crippen LogP) is 3.34. The van der Waals surface area contributed by atoms with Crippen molar-refractivity contribution in [2.24, 2.45) is 5.11 Å². The van der Waals surface area contributed by atoms with Gasteiger partial charge in [0.05, 0.1) is 35.7 Å². The summed E-state index contributed by atoms with van der Waals surface area (Å²) in [6, 6.07) is 8.91. The molecule has 1 N–H and O–H groups in total. The number of carbonyl (C=O) groups excluding carboxylic acids is 4. The Morgan fingerprint density at radius 2 is 1.95 bits per heavy atom. The van der Waals surface area contributed by atoms with Gasteiger partial charge in [0.1, 0.15) is 11.9 Å². The molecule has 15 heteroatoms. The fourth-order valence-corrected chi connectivity index (χ4v) is 4.90. The number of nitrogens with zero attached hydrogens (tertiary/aromatic N) is 6. The molecule has 2 aromatic carbocycles. The predicted molar refractivity (Wildman–Crippen MR) is 150 cm³/mol. The van der Waals surface area contributed by atoms with Crippen LogP contribution in [0.1, 0.15) is 17.3 Å². The first-order valence-corrected chi connectivity index (χ1v) is 13.3. The van der Waals surface area contributed by atoms with Crippen LogP contribution in [0.5, 0.6) is 0 Å². The third-order valence-corrected chi connectivity index (χ3v) is 7.20. The van der Waals surface area contributed by atoms with E-state index in [4.69, 9.17) is 15.0 Å². The molecule has 2 heterocycles. The van der Waals surface area contributed by atoms with E-state index >= 15 is 4.39 Å². The van der Waals surface area contributed by atoms with Crippen molar-refractivity contribution in [3.8, 4) is 0 Å². The Balaban J connectivity index is 1.28. The maximum atomic E-state index is 15.0. The van der Waals surface area contributed by atoms with E-state index in [0.717, 1.165) is 0 Å². The third kappa shape index (κ3) is 6.90. The number of hydrogen-bond donors (Lipinski definition) is 1. The van der Waals surface area contributed by atoms with Crippen molar-refractivity contribution in [3.63, 3.8) is 0 Å². The number of benzene rings is 2. The molecule has 0 spiro atoms. The molecule has 4 rings (SSSR count). The average molecular weight is 663 g/mol. The largest absolute Gasteiger partial charge is 0.452 e. The van der Waals surface area contributed by atoms with Crippen LogP contribution in [-0.4, -0.2) is 80.8 Å². The number of piperazine rings is 1. The van der Waals surface area contributed by atoms with Crippen LogP contribution >= 0.6 is 22.6 Å². The summed E-state index contributed by atoms with van der Waals surface area (Å²) in [5.74, 6) is -1.81. The van der Waals surface area contributed by atoms with E-state index in [2.05, 4.69) is 15.3 Å². The summed E-state index contributed by atoms with van der Waals surface area (Å²) in [7, 11) is 0. The fourth-order valence-electron chi connectivity index (χ4n) is 4.28. The molecule has 210 valence electrons. The quantitative estimate of drug-likeness (QED) is 0.149. The number of nitrogens with one attached hydrogen (secondary N) is 1. The molecule has 0 bridgehead atoms. The molecule has 2 aliphatic heterocycles. The molecule has 0 radical (unpaired) electrons. The summed E-state index contributed by atoms with van der Waals surface area (Å²) < 4.78 is 26.0. The van der Waals surface area contributed by atoms with E-state index in [1.165, 1.54) is 36.1 Å². The maximum Gasteiger partial charge on any atom is 0.414 e. The molecule has 2 saturated heterocycles. The van der Waals surface area contributed by atoms with Gasteiger partial charge in [-0.05, 0) is 58.5 Å². The van der Waals surface area contributed by atoms with Gasteiger partial charge in [-0.25, -0.2) is 14.0 Å². The SMILES string of the molecule is CC(=O)NC[C@H]1CN(c2ccc(N3CCN(C(=O)COC(=O)c4ccc(N=[N+]=[N-])c([125I])c4)CC3)c(F)c2)C(=O)O1. The van der Waals surface area contributed by atoms with Gasteiger partial charge in [0.25, 0.3) is 5.91 Å². The molecular weight excluding hydrogens is 638 g/mol. The maximum absolute atomic E-state index is 15.0. The number of halogens is 2. The van der Waals surface area contributed by atoms with Gasteiger partial charge >= 0.3 is 12.1 Å². The molecular formula is C25H25FIN7O6. The molecule has 40 heavy (non-hydrogen) atoms. The van der Waals surface area contributed by atoms with Crippen molar-refractivity contribution in [3.05, 3.63) is 61.8 Å². The summed E-state index contributed by atoms with van der Waals surface area (Å²) in [6.07, 6.45) is -1.15. The summed E-state index contributed by atoms with van der Waals surface area (Å²) in [5.41, 5.74) is 9.84. The highest BCUT2D eigenvalue weighted by atomic mass is 125. The summed E-state index contributed by atoms with van der Waals surface area (Å²) in [6.45, 7) is 2.61. The molecule has 2 aromatic rings. The molecule has 2 fully saturated rings. The van der Waals surface area contributed by atoms with Gasteiger partial charge in [0.15, 0.2) is 6.61 Å². The third-order valence-electron chi connectivity index (χ3n) is 6.33. The van der Waals surface area contributed by atoms with E-state index in [1.807, 2.05) is 22.6 Å². The van der Waals surface area contributed by atoms with E-state index in [1.54, 1.807) is 21.9 Å². The Hall–Kier alpha value is -4.11. The Bertz CT molecular complexity index is 1380. The second-order valence-corrected chi connectivity index (χ2v) is 10.2. The lowest BCUT2D eigenvalue weighted by Crippen LogP contribution is -2.50. The molecule has 0 saturated carbocycles. The lowest BCUT2D eigenvalue weighted by molar-refractivity contribution is -0.134. The minimum Gasteiger partial charge on any atom is -0.452 e. The van der Waals surface area contributed by atoms with Gasteiger partial charge < -0.3 is 24.6 Å². The van der Waals surface area contributed by atoms with Crippen LogP contribution in [0.25, 0.3) is 10.4 Å². The topological polar surface area (TPSA) is 157 Å². The lowest BCUT2D eigenvalue weighted by Gasteiger charge is -2.36. The first-order chi connectivity index (χ1) is 19.2. The number of rotatable bonds is 8. The van der Waals surface area contributed by atoms with Crippen LogP contribution in [0.4, 0.5) is 26.2 Å². The minimum absolute atomic E-state index is 0.172. The highest BCUT2D eigenvalue weighted by molar-refractivity contribution is 14.1. The molecule has 2 aliphatic rings. The minimum atomic E-state index is -0.678. The molecule has 0 aliphatic carbocycles. The van der Waals surface area contributed by atoms with Crippen LogP contribution in [0.15, 0.2) is 41.5 Å². The molecule has 3 amide bonds. The van der Waals surface area contributed by atoms with Crippen molar-refractivity contribution in [1.82, 2.24) is 10.2 Å². The van der Waals surface area contributed by atoms with E-state index in [9.17, 15) is 19.2 Å². The van der Waals surface area contributed by atoms with Crippen LogP contribution in [0.3, 0.4) is 0 Å². The Morgan fingerprint density at radius 3 is 2.60 bits per heavy atom. The highest BCUT2D eigenvalue weighted by Gasteiger charge is 2.33. The van der Waals surface area contributed by atoms with E-state index in [-0.39, 0.29) is 30.5 Å². The highest BCUT2D eigenvalue weighted by Crippen LogP contribution is 2.29. The Morgan fingerprint density at radius 1 is 1.20 bits per heavy atom. The number of ether oxygens (including phenoxy) is 2. The van der Waals surface area contributed by atoms with Gasteiger partial charge in [-0.1, -0.05) is 11.2 Å². The smallest absolute Gasteiger partial charge is 0.414 e. The summed E-state index contributed by atoms with van der Waals surface area (Å²) in [4.78, 5) is 55.7. The van der Waals surface area contributed by atoms with Crippen molar-refractivity contribution < 1.29 is 33.0 Å². The Kier molecular flexibility index (Phi) is 9.26. The number of azide groups is 1. The summed E-state index contributed by atoms with van der Waals surface area (Å²) >= 11 is 1.93. The Labute approximate surface area is 241 Å². The second-order valence-electron chi connectivity index (χ2n) is 8.99. The summed E-state index contributed by atoms with van der Waals surface area (Å²) in [5, 5.41) is 6.11. The van der Waals surface area contributed by atoms with Crippen molar-refractivity contribution in [1.29, 1.82) is 0 Å². The van der Waals surface area contributed by atoms with Crippen molar-refractivity contribution >= 4 is 63.5 Å². The first-order valence-electron chi connectivity index (χ1n) is 12.2. The van der Waals surface area contributed by atoms with Crippen LogP contribution in [0, 0.1) is 9.39 Å². The molecule has 0 aromatic heterocycles. The van der Waals surface area contributed by atoms with Crippen LogP contribution in [0.2, 0.25) is 0 Å². The van der Waals surface area contributed by atoms with Crippen LogP contribution < -0.4 is 15.1 Å². The normalized spacial score (nSPS) is 16.7. The van der Waals surface area contributed by atoms with E-state index < -0.39 is 30.6 Å². The van der Waals surface area contributed by atoms with Crippen molar-refractivity contribution in [2.45, 2.75) is 13.0 Å². The monoisotopic (exact) mass is 663 g/mol. The van der Waals surface area contributed by atoms with Gasteiger partial charge in [-0.3, -0.25) is 14.5 Å². The van der Waals surface area contributed by atoms with Gasteiger partial charge in [-0.15, -0.1) is 0 Å². The zero-order chi connectivity index (χ0) is 28.8.